The van der Waals surface area contributed by atoms with E-state index in [1.54, 1.807) is 0 Å². The maximum atomic E-state index is 11.5. The van der Waals surface area contributed by atoms with Crippen LogP contribution in [0.1, 0.15) is 19.4 Å². The van der Waals surface area contributed by atoms with E-state index in [4.69, 9.17) is 14.5 Å². The quantitative estimate of drug-likeness (QED) is 0.332. The topological polar surface area (TPSA) is 65.1 Å². The largest absolute Gasteiger partial charge is 0.352 e. The summed E-state index contributed by atoms with van der Waals surface area (Å²) < 4.78 is 5.12. The van der Waals surface area contributed by atoms with E-state index in [-0.39, 0.29) is 6.54 Å². The minimum absolute atomic E-state index is 0.0357. The number of hydrogen-bond donors (Lipinski definition) is 0. The minimum atomic E-state index is -0.865. The number of carbonyl (C=O) groups excluding carboxylic acids is 2. The maximum absolute atomic E-state index is 11.5. The Morgan fingerprint density at radius 1 is 1.09 bits per heavy atom. The van der Waals surface area contributed by atoms with Crippen LogP contribution in [0.3, 0.4) is 0 Å². The molecule has 1 unspecified atom stereocenters. The van der Waals surface area contributed by atoms with Crippen LogP contribution in [0.2, 0.25) is 0 Å². The summed E-state index contributed by atoms with van der Waals surface area (Å²) in [6, 6.07) is 9.56. The second-order valence-corrected chi connectivity index (χ2v) is 5.34. The van der Waals surface area contributed by atoms with Crippen LogP contribution in [-0.4, -0.2) is 36.7 Å². The van der Waals surface area contributed by atoms with Crippen molar-refractivity contribution in [3.05, 3.63) is 48.0 Å². The second-order valence-electron chi connectivity index (χ2n) is 5.34. The summed E-state index contributed by atoms with van der Waals surface area (Å²) >= 11 is 0. The van der Waals surface area contributed by atoms with Gasteiger partial charge in [0.2, 0.25) is 6.29 Å². The minimum Gasteiger partial charge on any atom is -0.352 e. The van der Waals surface area contributed by atoms with E-state index in [0.717, 1.165) is 10.5 Å². The van der Waals surface area contributed by atoms with Crippen molar-refractivity contribution in [3.8, 4) is 0 Å². The van der Waals surface area contributed by atoms with Gasteiger partial charge in [-0.25, -0.2) is 9.78 Å². The maximum Gasteiger partial charge on any atom is 0.253 e. The van der Waals surface area contributed by atoms with E-state index in [2.05, 4.69) is 0 Å². The first-order chi connectivity index (χ1) is 10.4. The molecule has 1 aromatic carbocycles. The molecule has 0 aromatic heterocycles. The number of imide groups is 1. The number of hydrogen-bond acceptors (Lipinski definition) is 5. The fourth-order valence-electron chi connectivity index (χ4n) is 1.97. The van der Waals surface area contributed by atoms with Crippen LogP contribution < -0.4 is 0 Å². The fraction of sp³-hybridized carbons (Fsp3) is 0.375. The van der Waals surface area contributed by atoms with Crippen LogP contribution in [0, 0.1) is 0 Å². The number of nitrogens with zero attached hydrogens (tertiary/aromatic N) is 1. The Balaban J connectivity index is 1.94. The third kappa shape index (κ3) is 3.79. The molecule has 1 aromatic rings. The van der Waals surface area contributed by atoms with Crippen molar-refractivity contribution in [3.63, 3.8) is 0 Å². The Labute approximate surface area is 129 Å². The number of rotatable bonds is 7. The fourth-order valence-corrected chi connectivity index (χ4v) is 1.97. The average molecular weight is 305 g/mol. The van der Waals surface area contributed by atoms with Gasteiger partial charge >= 0.3 is 0 Å². The van der Waals surface area contributed by atoms with E-state index in [9.17, 15) is 9.59 Å². The van der Waals surface area contributed by atoms with Crippen LogP contribution in [0.15, 0.2) is 42.5 Å². The van der Waals surface area contributed by atoms with E-state index in [1.165, 1.54) is 19.3 Å². The Morgan fingerprint density at radius 3 is 2.23 bits per heavy atom. The molecule has 0 bridgehead atoms. The summed E-state index contributed by atoms with van der Waals surface area (Å²) in [6.07, 6.45) is 1.56. The van der Waals surface area contributed by atoms with Gasteiger partial charge in [-0.2, -0.15) is 0 Å². The zero-order valence-corrected chi connectivity index (χ0v) is 12.8. The number of methoxy groups -OCH3 is 1. The molecule has 0 spiro atoms. The molecule has 0 fully saturated rings. The number of ether oxygens (including phenoxy) is 1. The van der Waals surface area contributed by atoms with Crippen molar-refractivity contribution in [1.82, 2.24) is 4.90 Å². The van der Waals surface area contributed by atoms with Gasteiger partial charge in [0.15, 0.2) is 0 Å². The standard InChI is InChI=1S/C16H19NO5/c1-16(2,12-7-5-4-6-8-12)22-21-15(20-3)11-17-13(18)9-10-14(17)19/h4-10,15H,11H2,1-3H3. The van der Waals surface area contributed by atoms with Gasteiger partial charge in [-0.1, -0.05) is 30.3 Å². The van der Waals surface area contributed by atoms with E-state index in [0.29, 0.717) is 0 Å². The van der Waals surface area contributed by atoms with Gasteiger partial charge in [0.05, 0.1) is 6.54 Å². The molecule has 1 aliphatic heterocycles. The summed E-state index contributed by atoms with van der Waals surface area (Å²) in [6.45, 7) is 3.66. The highest BCUT2D eigenvalue weighted by Gasteiger charge is 2.29. The van der Waals surface area contributed by atoms with Gasteiger partial charge in [-0.05, 0) is 19.4 Å². The summed E-state index contributed by atoms with van der Waals surface area (Å²) in [5.74, 6) is -0.782. The van der Waals surface area contributed by atoms with Gasteiger partial charge in [0, 0.05) is 19.3 Å². The van der Waals surface area contributed by atoms with E-state index in [1.807, 2.05) is 44.2 Å². The molecule has 22 heavy (non-hydrogen) atoms. The Hall–Kier alpha value is -2.02. The molecule has 6 heteroatoms. The molecule has 2 amide bonds. The molecule has 1 aliphatic rings. The molecule has 0 radical (unpaired) electrons. The van der Waals surface area contributed by atoms with Crippen molar-refractivity contribution < 1.29 is 24.1 Å². The van der Waals surface area contributed by atoms with Crippen molar-refractivity contribution in [2.45, 2.75) is 25.7 Å². The molecule has 1 atom stereocenters. The van der Waals surface area contributed by atoms with Crippen LogP contribution in [-0.2, 0) is 29.7 Å². The molecule has 0 saturated heterocycles. The summed E-state index contributed by atoms with van der Waals surface area (Å²) in [4.78, 5) is 34.8. The molecule has 1 heterocycles. The normalized spacial score (nSPS) is 16.4. The Morgan fingerprint density at radius 2 is 1.68 bits per heavy atom. The van der Waals surface area contributed by atoms with E-state index >= 15 is 0 Å². The SMILES string of the molecule is COC(CN1C(=O)C=CC1=O)OOC(C)(C)c1ccccc1. The van der Waals surface area contributed by atoms with Crippen molar-refractivity contribution >= 4 is 11.8 Å². The predicted octanol–water partition coefficient (Wildman–Crippen LogP) is 1.77. The first kappa shape index (κ1) is 16.4. The van der Waals surface area contributed by atoms with Crippen molar-refractivity contribution in [2.75, 3.05) is 13.7 Å². The third-order valence-corrected chi connectivity index (χ3v) is 3.33. The van der Waals surface area contributed by atoms with Crippen molar-refractivity contribution in [1.29, 1.82) is 0 Å². The first-order valence-corrected chi connectivity index (χ1v) is 6.90. The second kappa shape index (κ2) is 6.83. The lowest BCUT2D eigenvalue weighted by molar-refractivity contribution is -0.420. The van der Waals surface area contributed by atoms with Crippen LogP contribution >= 0.6 is 0 Å². The zero-order chi connectivity index (χ0) is 16.2. The molecule has 0 saturated carbocycles. The molecule has 118 valence electrons. The average Bonchev–Trinajstić information content (AvgIpc) is 2.83. The molecule has 2 rings (SSSR count). The Kier molecular flexibility index (Phi) is 5.07. The molecular formula is C16H19NO5. The summed E-state index contributed by atoms with van der Waals surface area (Å²) in [5, 5.41) is 0. The van der Waals surface area contributed by atoms with Gasteiger partial charge in [0.25, 0.3) is 11.8 Å². The molecule has 6 nitrogen and oxygen atoms in total. The van der Waals surface area contributed by atoms with Gasteiger partial charge in [-0.3, -0.25) is 14.5 Å². The van der Waals surface area contributed by atoms with E-state index < -0.39 is 23.7 Å². The smallest absolute Gasteiger partial charge is 0.253 e. The van der Waals surface area contributed by atoms with Crippen LogP contribution in [0.5, 0.6) is 0 Å². The highest BCUT2D eigenvalue weighted by Crippen LogP contribution is 2.25. The highest BCUT2D eigenvalue weighted by atomic mass is 17.2. The third-order valence-electron chi connectivity index (χ3n) is 3.33. The number of carbonyl (C=O) groups is 2. The van der Waals surface area contributed by atoms with Crippen molar-refractivity contribution in [2.24, 2.45) is 0 Å². The van der Waals surface area contributed by atoms with Crippen LogP contribution in [0.4, 0.5) is 0 Å². The Bertz CT molecular complexity index is 549. The van der Waals surface area contributed by atoms with Gasteiger partial charge < -0.3 is 4.74 Å². The molecule has 0 N–H and O–H groups in total. The summed E-state index contributed by atoms with van der Waals surface area (Å²) in [5.41, 5.74) is 0.231. The first-order valence-electron chi connectivity index (χ1n) is 6.90. The molecule has 0 aliphatic carbocycles. The number of amides is 2. The molecular weight excluding hydrogens is 286 g/mol. The highest BCUT2D eigenvalue weighted by molar-refractivity contribution is 6.12. The van der Waals surface area contributed by atoms with Crippen LogP contribution in [0.25, 0.3) is 0 Å². The van der Waals surface area contributed by atoms with Gasteiger partial charge in [-0.15, -0.1) is 0 Å². The lowest BCUT2D eigenvalue weighted by atomic mass is 9.99. The number of benzene rings is 1. The predicted molar refractivity (Wildman–Crippen MR) is 78.3 cm³/mol. The zero-order valence-electron chi connectivity index (χ0n) is 12.8. The van der Waals surface area contributed by atoms with Gasteiger partial charge in [0.1, 0.15) is 5.60 Å². The summed E-state index contributed by atoms with van der Waals surface area (Å²) in [7, 11) is 1.42. The lowest BCUT2D eigenvalue weighted by Gasteiger charge is -2.27. The monoisotopic (exact) mass is 305 g/mol. The lowest BCUT2D eigenvalue weighted by Crippen LogP contribution is -2.40.